The van der Waals surface area contributed by atoms with Crippen LogP contribution in [-0.2, 0) is 9.59 Å². The number of rotatable bonds is 1. The predicted octanol–water partition coefficient (Wildman–Crippen LogP) is 0.521. The van der Waals surface area contributed by atoms with Crippen molar-refractivity contribution in [2.75, 3.05) is 0 Å². The molecule has 78 valence electrons. The van der Waals surface area contributed by atoms with Gasteiger partial charge in [-0.2, -0.15) is 0 Å². The molecule has 0 aromatic rings. The second-order valence-electron chi connectivity index (χ2n) is 3.10. The highest BCUT2D eigenvalue weighted by Gasteiger charge is 2.40. The van der Waals surface area contributed by atoms with Crippen molar-refractivity contribution in [2.24, 2.45) is 10.9 Å². The Morgan fingerprint density at radius 2 is 2.33 bits per heavy atom. The van der Waals surface area contributed by atoms with Crippen molar-refractivity contribution in [3.05, 3.63) is 10.5 Å². The summed E-state index contributed by atoms with van der Waals surface area (Å²) in [6.07, 6.45) is 0. The third-order valence-corrected chi connectivity index (χ3v) is 3.57. The fraction of sp³-hybridized carbons (Fsp3) is 0.250. The number of carboxylic acids is 1. The van der Waals surface area contributed by atoms with E-state index in [-0.39, 0.29) is 15.9 Å². The molecule has 1 atom stereocenters. The molecule has 1 amide bonds. The Bertz CT molecular complexity index is 453. The number of fused-ring (bicyclic) bond motifs is 1. The van der Waals surface area contributed by atoms with Crippen LogP contribution in [0.4, 0.5) is 0 Å². The quantitative estimate of drug-likeness (QED) is 0.655. The maximum absolute atomic E-state index is 11.5. The number of carbonyl (C=O) groups is 2. The summed E-state index contributed by atoms with van der Waals surface area (Å²) in [6.45, 7) is 1.62. The SMILES string of the molecule is CC1=C(C(=O)O)SC2=NC(=S)NC(=O)C21. The van der Waals surface area contributed by atoms with Crippen LogP contribution in [0.1, 0.15) is 6.92 Å². The van der Waals surface area contributed by atoms with Crippen LogP contribution in [0.15, 0.2) is 15.5 Å². The second kappa shape index (κ2) is 3.42. The van der Waals surface area contributed by atoms with E-state index in [0.717, 1.165) is 11.8 Å². The van der Waals surface area contributed by atoms with Crippen molar-refractivity contribution >= 4 is 46.0 Å². The largest absolute Gasteiger partial charge is 0.477 e. The number of carboxylic acid groups (broad SMARTS) is 1. The first-order valence-corrected chi connectivity index (χ1v) is 5.28. The van der Waals surface area contributed by atoms with Crippen molar-refractivity contribution in [1.29, 1.82) is 0 Å². The fourth-order valence-electron chi connectivity index (χ4n) is 1.47. The van der Waals surface area contributed by atoms with Gasteiger partial charge in [0.05, 0.1) is 9.95 Å². The number of aliphatic carboxylic acids is 1. The van der Waals surface area contributed by atoms with E-state index in [0.29, 0.717) is 10.6 Å². The number of nitrogens with zero attached hydrogens (tertiary/aromatic N) is 1. The summed E-state index contributed by atoms with van der Waals surface area (Å²) in [5.74, 6) is -1.91. The molecule has 0 bridgehead atoms. The molecule has 2 N–H and O–H groups in total. The number of nitrogens with one attached hydrogen (secondary N) is 1. The van der Waals surface area contributed by atoms with Gasteiger partial charge in [-0.05, 0) is 24.7 Å². The molecule has 0 saturated carbocycles. The summed E-state index contributed by atoms with van der Waals surface area (Å²) in [4.78, 5) is 26.5. The van der Waals surface area contributed by atoms with Crippen LogP contribution in [0.5, 0.6) is 0 Å². The van der Waals surface area contributed by atoms with E-state index in [1.165, 1.54) is 0 Å². The third-order valence-electron chi connectivity index (χ3n) is 2.14. The fourth-order valence-corrected chi connectivity index (χ4v) is 2.84. The lowest BCUT2D eigenvalue weighted by Crippen LogP contribution is -2.41. The van der Waals surface area contributed by atoms with E-state index in [1.807, 2.05) is 0 Å². The lowest BCUT2D eigenvalue weighted by atomic mass is 10.00. The van der Waals surface area contributed by atoms with Crippen molar-refractivity contribution in [1.82, 2.24) is 5.32 Å². The molecule has 0 aliphatic carbocycles. The zero-order valence-electron chi connectivity index (χ0n) is 7.60. The highest BCUT2D eigenvalue weighted by atomic mass is 32.2. The van der Waals surface area contributed by atoms with Crippen LogP contribution >= 0.6 is 24.0 Å². The van der Waals surface area contributed by atoms with Gasteiger partial charge in [-0.1, -0.05) is 11.8 Å². The maximum atomic E-state index is 11.5. The molecule has 15 heavy (non-hydrogen) atoms. The second-order valence-corrected chi connectivity index (χ2v) is 4.51. The predicted molar refractivity (Wildman–Crippen MR) is 59.6 cm³/mol. The van der Waals surface area contributed by atoms with Gasteiger partial charge < -0.3 is 10.4 Å². The van der Waals surface area contributed by atoms with Gasteiger partial charge in [-0.3, -0.25) is 4.79 Å². The molecule has 0 fully saturated rings. The summed E-state index contributed by atoms with van der Waals surface area (Å²) in [5.41, 5.74) is 0.520. The van der Waals surface area contributed by atoms with Crippen molar-refractivity contribution in [2.45, 2.75) is 6.92 Å². The number of hydrogen-bond acceptors (Lipinski definition) is 4. The van der Waals surface area contributed by atoms with Crippen LogP contribution in [0.2, 0.25) is 0 Å². The number of carbonyl (C=O) groups excluding carboxylic acids is 1. The molecule has 2 aliphatic heterocycles. The molecule has 2 aliphatic rings. The van der Waals surface area contributed by atoms with E-state index in [4.69, 9.17) is 17.3 Å². The van der Waals surface area contributed by atoms with Gasteiger partial charge in [-0.25, -0.2) is 9.79 Å². The topological polar surface area (TPSA) is 78.8 Å². The Balaban J connectivity index is 2.47. The average molecular weight is 242 g/mol. The zero-order chi connectivity index (χ0) is 11.2. The minimum atomic E-state index is -1.03. The van der Waals surface area contributed by atoms with E-state index in [9.17, 15) is 9.59 Å². The smallest absolute Gasteiger partial charge is 0.342 e. The number of amides is 1. The minimum absolute atomic E-state index is 0.0955. The van der Waals surface area contributed by atoms with Gasteiger partial charge in [0, 0.05) is 0 Å². The molecule has 2 heterocycles. The standard InChI is InChI=1S/C8H6N2O3S2/c1-2-3-5(11)9-8(14)10-6(3)15-4(2)7(12)13/h3H,1H3,(H,12,13)(H,9,11,14). The zero-order valence-corrected chi connectivity index (χ0v) is 9.24. The molecule has 7 heteroatoms. The first-order valence-electron chi connectivity index (χ1n) is 4.06. The Morgan fingerprint density at radius 1 is 1.67 bits per heavy atom. The van der Waals surface area contributed by atoms with Crippen LogP contribution in [0.3, 0.4) is 0 Å². The van der Waals surface area contributed by atoms with Crippen molar-refractivity contribution < 1.29 is 14.7 Å². The Morgan fingerprint density at radius 3 is 2.93 bits per heavy atom. The average Bonchev–Trinajstić information content (AvgIpc) is 2.42. The maximum Gasteiger partial charge on any atom is 0.342 e. The van der Waals surface area contributed by atoms with Gasteiger partial charge in [-0.15, -0.1) is 0 Å². The summed E-state index contributed by atoms with van der Waals surface area (Å²) < 4.78 is 0. The van der Waals surface area contributed by atoms with Gasteiger partial charge >= 0.3 is 5.97 Å². The lowest BCUT2D eigenvalue weighted by Gasteiger charge is -2.17. The Kier molecular flexibility index (Phi) is 2.35. The molecule has 0 radical (unpaired) electrons. The summed E-state index contributed by atoms with van der Waals surface area (Å²) in [6, 6.07) is 0. The van der Waals surface area contributed by atoms with Crippen LogP contribution in [0.25, 0.3) is 0 Å². The Labute approximate surface area is 94.6 Å². The summed E-state index contributed by atoms with van der Waals surface area (Å²) in [5, 5.41) is 11.8. The molecule has 0 aromatic heterocycles. The molecular weight excluding hydrogens is 236 g/mol. The molecule has 1 unspecified atom stereocenters. The van der Waals surface area contributed by atoms with Gasteiger partial charge in [0.1, 0.15) is 5.92 Å². The first kappa shape index (κ1) is 10.3. The lowest BCUT2D eigenvalue weighted by molar-refractivity contribution is -0.131. The van der Waals surface area contributed by atoms with Gasteiger partial charge in [0.2, 0.25) is 5.91 Å². The van der Waals surface area contributed by atoms with Crippen molar-refractivity contribution in [3.63, 3.8) is 0 Å². The van der Waals surface area contributed by atoms with Crippen LogP contribution in [-0.4, -0.2) is 27.1 Å². The molecular formula is C8H6N2O3S2. The first-order chi connectivity index (χ1) is 7.00. The molecule has 0 spiro atoms. The van der Waals surface area contributed by atoms with Crippen LogP contribution in [0, 0.1) is 5.92 Å². The third kappa shape index (κ3) is 1.57. The summed E-state index contributed by atoms with van der Waals surface area (Å²) >= 11 is 5.75. The number of aliphatic imine (C=N–C) groups is 1. The molecule has 0 saturated heterocycles. The molecule has 5 nitrogen and oxygen atoms in total. The van der Waals surface area contributed by atoms with Crippen molar-refractivity contribution in [3.8, 4) is 0 Å². The molecule has 0 aromatic carbocycles. The van der Waals surface area contributed by atoms with E-state index >= 15 is 0 Å². The van der Waals surface area contributed by atoms with Gasteiger partial charge in [0.15, 0.2) is 5.11 Å². The van der Waals surface area contributed by atoms with Gasteiger partial charge in [0.25, 0.3) is 0 Å². The highest BCUT2D eigenvalue weighted by Crippen LogP contribution is 2.39. The monoisotopic (exact) mass is 242 g/mol. The van der Waals surface area contributed by atoms with E-state index in [2.05, 4.69) is 10.3 Å². The number of thioether (sulfide) groups is 1. The summed E-state index contributed by atoms with van der Waals surface area (Å²) in [7, 11) is 0. The number of hydrogen-bond donors (Lipinski definition) is 2. The van der Waals surface area contributed by atoms with E-state index < -0.39 is 11.9 Å². The van der Waals surface area contributed by atoms with Crippen LogP contribution < -0.4 is 5.32 Å². The Hall–Kier alpha value is -1.21. The highest BCUT2D eigenvalue weighted by molar-refractivity contribution is 8.18. The minimum Gasteiger partial charge on any atom is -0.477 e. The number of thiocarbonyl (C=S) groups is 1. The van der Waals surface area contributed by atoms with E-state index in [1.54, 1.807) is 6.92 Å². The normalized spacial score (nSPS) is 24.9. The molecule has 2 rings (SSSR count).